The van der Waals surface area contributed by atoms with Gasteiger partial charge in [-0.2, -0.15) is 4.98 Å². The maximum atomic E-state index is 12.7. The minimum absolute atomic E-state index is 0.273. The number of sulfonamides is 1. The monoisotopic (exact) mass is 411 g/mol. The number of nitrogens with one attached hydrogen (secondary N) is 2. The molecule has 0 amide bonds. The fourth-order valence-electron chi connectivity index (χ4n) is 2.90. The van der Waals surface area contributed by atoms with Gasteiger partial charge in [0.05, 0.1) is 4.90 Å². The highest BCUT2D eigenvalue weighted by molar-refractivity contribution is 7.92. The average molecular weight is 412 g/mol. The lowest BCUT2D eigenvalue weighted by Gasteiger charge is -2.14. The Kier molecular flexibility index (Phi) is 5.74. The van der Waals surface area contributed by atoms with Crippen LogP contribution in [0.4, 0.5) is 23.1 Å². The Labute approximate surface area is 171 Å². The largest absolute Gasteiger partial charge is 0.363 e. The first-order valence-electron chi connectivity index (χ1n) is 9.14. The number of nitrogens with zero attached hydrogens (tertiary/aromatic N) is 3. The highest BCUT2D eigenvalue weighted by Gasteiger charge is 2.17. The van der Waals surface area contributed by atoms with Crippen LogP contribution in [-0.2, 0) is 10.0 Å². The molecule has 0 spiro atoms. The summed E-state index contributed by atoms with van der Waals surface area (Å²) in [6.45, 7) is 5.63. The zero-order valence-corrected chi connectivity index (χ0v) is 18.0. The summed E-state index contributed by atoms with van der Waals surface area (Å²) in [7, 11) is 0.184. The van der Waals surface area contributed by atoms with Gasteiger partial charge in [-0.05, 0) is 56.7 Å². The number of hydrogen-bond acceptors (Lipinski definition) is 6. The molecule has 3 aromatic rings. The lowest BCUT2D eigenvalue weighted by Crippen LogP contribution is -2.14. The lowest BCUT2D eigenvalue weighted by molar-refractivity contribution is 0.600. The van der Waals surface area contributed by atoms with Crippen LogP contribution in [0, 0.1) is 20.8 Å². The molecule has 0 aliphatic heterocycles. The standard InChI is InChI=1S/C21H25N5O2S/c1-14-6-11-19(15(2)12-14)29(27,28)25-18-9-7-17(8-10-18)23-21-22-16(3)13-20(24-21)26(4)5/h6-13,25H,1-5H3,(H,22,23,24). The second-order valence-corrected chi connectivity index (χ2v) is 8.81. The van der Waals surface area contributed by atoms with Gasteiger partial charge in [0.15, 0.2) is 0 Å². The van der Waals surface area contributed by atoms with Crippen molar-refractivity contribution in [1.29, 1.82) is 0 Å². The molecule has 8 heteroatoms. The third-order valence-corrected chi connectivity index (χ3v) is 5.85. The fourth-order valence-corrected chi connectivity index (χ4v) is 4.18. The van der Waals surface area contributed by atoms with Gasteiger partial charge in [0.1, 0.15) is 5.82 Å². The minimum atomic E-state index is -3.65. The van der Waals surface area contributed by atoms with Gasteiger partial charge in [-0.3, -0.25) is 4.72 Å². The van der Waals surface area contributed by atoms with Gasteiger partial charge < -0.3 is 10.2 Å². The molecule has 0 aliphatic rings. The van der Waals surface area contributed by atoms with Crippen molar-refractivity contribution in [1.82, 2.24) is 9.97 Å². The van der Waals surface area contributed by atoms with Gasteiger partial charge in [-0.1, -0.05) is 17.7 Å². The molecule has 29 heavy (non-hydrogen) atoms. The van der Waals surface area contributed by atoms with Gasteiger partial charge >= 0.3 is 0 Å². The van der Waals surface area contributed by atoms with E-state index in [1.165, 1.54) is 0 Å². The van der Waals surface area contributed by atoms with Gasteiger partial charge in [-0.15, -0.1) is 0 Å². The Morgan fingerprint density at radius 2 is 1.52 bits per heavy atom. The van der Waals surface area contributed by atoms with Crippen LogP contribution < -0.4 is 14.9 Å². The SMILES string of the molecule is Cc1ccc(S(=O)(=O)Nc2ccc(Nc3nc(C)cc(N(C)C)n3)cc2)c(C)c1. The smallest absolute Gasteiger partial charge is 0.262 e. The summed E-state index contributed by atoms with van der Waals surface area (Å²) in [6, 6.07) is 14.1. The van der Waals surface area contributed by atoms with Crippen molar-refractivity contribution in [3.63, 3.8) is 0 Å². The summed E-state index contributed by atoms with van der Waals surface area (Å²) < 4.78 is 28.0. The van der Waals surface area contributed by atoms with Gasteiger partial charge in [0.2, 0.25) is 5.95 Å². The minimum Gasteiger partial charge on any atom is -0.363 e. The average Bonchev–Trinajstić information content (AvgIpc) is 2.62. The third kappa shape index (κ3) is 5.03. The van der Waals surface area contributed by atoms with E-state index < -0.39 is 10.0 Å². The van der Waals surface area contributed by atoms with Crippen molar-refractivity contribution in [2.45, 2.75) is 25.7 Å². The van der Waals surface area contributed by atoms with Crippen LogP contribution in [0.1, 0.15) is 16.8 Å². The van der Waals surface area contributed by atoms with Gasteiger partial charge in [0, 0.05) is 37.2 Å². The van der Waals surface area contributed by atoms with Crippen LogP contribution in [0.15, 0.2) is 53.4 Å². The van der Waals surface area contributed by atoms with Crippen molar-refractivity contribution in [2.75, 3.05) is 29.0 Å². The molecule has 3 rings (SSSR count). The highest BCUT2D eigenvalue weighted by Crippen LogP contribution is 2.23. The maximum absolute atomic E-state index is 12.7. The van der Waals surface area contributed by atoms with Gasteiger partial charge in [-0.25, -0.2) is 13.4 Å². The number of aryl methyl sites for hydroxylation is 3. The molecule has 1 heterocycles. The molecule has 0 unspecified atom stereocenters. The highest BCUT2D eigenvalue weighted by atomic mass is 32.2. The topological polar surface area (TPSA) is 87.2 Å². The molecule has 152 valence electrons. The summed E-state index contributed by atoms with van der Waals surface area (Å²) in [5.74, 6) is 1.29. The molecule has 0 atom stereocenters. The van der Waals surface area contributed by atoms with Crippen LogP contribution in [-0.4, -0.2) is 32.5 Å². The van der Waals surface area contributed by atoms with Crippen molar-refractivity contribution >= 4 is 33.2 Å². The van der Waals surface area contributed by atoms with E-state index >= 15 is 0 Å². The summed E-state index contributed by atoms with van der Waals surface area (Å²) in [6.07, 6.45) is 0. The maximum Gasteiger partial charge on any atom is 0.262 e. The molecular weight excluding hydrogens is 386 g/mol. The Morgan fingerprint density at radius 3 is 2.14 bits per heavy atom. The molecular formula is C21H25N5O2S. The number of hydrogen-bond donors (Lipinski definition) is 2. The molecule has 0 radical (unpaired) electrons. The van der Waals surface area contributed by atoms with Crippen molar-refractivity contribution in [3.05, 3.63) is 65.4 Å². The first-order chi connectivity index (χ1) is 13.6. The molecule has 0 saturated heterocycles. The van der Waals surface area contributed by atoms with E-state index in [1.807, 2.05) is 45.0 Å². The molecule has 0 aliphatic carbocycles. The first kappa shape index (κ1) is 20.6. The predicted octanol–water partition coefficient (Wildman–Crippen LogP) is 4.01. The number of rotatable bonds is 6. The van der Waals surface area contributed by atoms with Crippen LogP contribution in [0.5, 0.6) is 0 Å². The number of benzene rings is 2. The molecule has 2 aromatic carbocycles. The predicted molar refractivity (Wildman–Crippen MR) is 118 cm³/mol. The van der Waals surface area contributed by atoms with E-state index in [1.54, 1.807) is 43.3 Å². The van der Waals surface area contributed by atoms with Crippen molar-refractivity contribution in [2.24, 2.45) is 0 Å². The fraction of sp³-hybridized carbons (Fsp3) is 0.238. The summed E-state index contributed by atoms with van der Waals surface area (Å²) in [5.41, 5.74) is 3.82. The molecule has 1 aromatic heterocycles. The van der Waals surface area contributed by atoms with E-state index in [0.29, 0.717) is 17.2 Å². The molecule has 0 bridgehead atoms. The number of anilines is 4. The number of aromatic nitrogens is 2. The normalized spacial score (nSPS) is 11.2. The van der Waals surface area contributed by atoms with Crippen molar-refractivity contribution < 1.29 is 8.42 Å². The summed E-state index contributed by atoms with van der Waals surface area (Å²) in [4.78, 5) is 11.0. The second-order valence-electron chi connectivity index (χ2n) is 7.16. The molecule has 7 nitrogen and oxygen atoms in total. The zero-order valence-electron chi connectivity index (χ0n) is 17.2. The Morgan fingerprint density at radius 1 is 0.862 bits per heavy atom. The van der Waals surface area contributed by atoms with Gasteiger partial charge in [0.25, 0.3) is 10.0 Å². The van der Waals surface area contributed by atoms with E-state index in [2.05, 4.69) is 20.0 Å². The Balaban J connectivity index is 1.77. The molecule has 2 N–H and O–H groups in total. The summed E-state index contributed by atoms with van der Waals surface area (Å²) >= 11 is 0. The quantitative estimate of drug-likeness (QED) is 0.637. The summed E-state index contributed by atoms with van der Waals surface area (Å²) in [5, 5.41) is 3.15. The van der Waals surface area contributed by atoms with E-state index in [-0.39, 0.29) is 4.90 Å². The lowest BCUT2D eigenvalue weighted by atomic mass is 10.2. The van der Waals surface area contributed by atoms with E-state index in [4.69, 9.17) is 0 Å². The molecule has 0 fully saturated rings. The van der Waals surface area contributed by atoms with E-state index in [9.17, 15) is 8.42 Å². The molecule has 0 saturated carbocycles. The van der Waals surface area contributed by atoms with Crippen LogP contribution >= 0.6 is 0 Å². The zero-order chi connectivity index (χ0) is 21.2. The Bertz CT molecular complexity index is 1130. The van der Waals surface area contributed by atoms with Crippen molar-refractivity contribution in [3.8, 4) is 0 Å². The van der Waals surface area contributed by atoms with Crippen LogP contribution in [0.2, 0.25) is 0 Å². The Hall–Kier alpha value is -3.13. The third-order valence-electron chi connectivity index (χ3n) is 4.31. The first-order valence-corrected chi connectivity index (χ1v) is 10.6. The second kappa shape index (κ2) is 8.08. The van der Waals surface area contributed by atoms with Crippen LogP contribution in [0.3, 0.4) is 0 Å². The van der Waals surface area contributed by atoms with Crippen LogP contribution in [0.25, 0.3) is 0 Å². The van der Waals surface area contributed by atoms with E-state index in [0.717, 1.165) is 22.8 Å².